The average molecular weight is 1390 g/mol. The number of rotatable bonds is 10. The molecule has 0 aliphatic heterocycles. The monoisotopic (exact) mass is 1380 g/mol. The molecule has 12 nitrogen and oxygen atoms in total. The molecule has 0 saturated heterocycles. The van der Waals surface area contributed by atoms with Crippen molar-refractivity contribution in [3.63, 3.8) is 0 Å². The van der Waals surface area contributed by atoms with E-state index in [1.54, 1.807) is 76.2 Å². The van der Waals surface area contributed by atoms with Gasteiger partial charge in [-0.2, -0.15) is 68.9 Å². The maximum absolute atomic E-state index is 13.5. The van der Waals surface area contributed by atoms with E-state index in [4.69, 9.17) is 0 Å². The van der Waals surface area contributed by atoms with Gasteiger partial charge in [-0.05, 0) is 68.9 Å². The Kier molecular flexibility index (Phi) is 14.0. The van der Waals surface area contributed by atoms with Crippen LogP contribution < -0.4 is 0 Å². The molecule has 6 heterocycles. The standard InChI is InChI=1S/C30H19N5O2S.C30H19N5S.2Pt/c36-38(37,25-10-5-8-22(18-25)33-17-7-16-31-33)26-11-6-9-23(19-26)34-21-24(20-32-34)35-29-14-3-1-12-27(29)28-13-2-4-15-30(28)35;1-3-14-29-27(12-1)28-13-2-4-15-30(28)35(29)24-20-32-34(21-24)23-9-6-11-26(19-23)36-25-10-5-8-22(18-25)33-17-7-16-31-33;;/h1-17,20-21H;1-17,20-21H;;/q2*-2;2*+2. The number of benzene rings is 8. The predicted molar refractivity (Wildman–Crippen MR) is 288 cm³/mol. The summed E-state index contributed by atoms with van der Waals surface area (Å²) in [5.41, 5.74) is 9.19. The largest absolute Gasteiger partial charge is 2.00 e. The van der Waals surface area contributed by atoms with Gasteiger partial charge in [-0.1, -0.05) is 72.8 Å². The molecule has 16 heteroatoms. The van der Waals surface area contributed by atoms with Crippen LogP contribution >= 0.6 is 11.8 Å². The second kappa shape index (κ2) is 21.2. The molecule has 0 N–H and O–H groups in total. The van der Waals surface area contributed by atoms with Crippen molar-refractivity contribution in [2.45, 2.75) is 19.6 Å². The molecule has 76 heavy (non-hydrogen) atoms. The Balaban J connectivity index is 0.000000158. The Hall–Kier alpha value is -8.12. The number of aromatic nitrogens is 10. The van der Waals surface area contributed by atoms with E-state index >= 15 is 0 Å². The SMILES string of the molecule is O=S(=O)(c1[c-]c(-n2cccn2)ccc1)c1[c-]c(-n2cc(-n3c4ccccc4c4ccccc43)cn2)ccc1.[Pt+2].[Pt+2].[c-]1c(Sc2[c-]c(-n3cc(-n4c5ccccc5c5ccccc54)cn3)ccc2)cccc1-n1cccn1. The maximum Gasteiger partial charge on any atom is 2.00 e. The summed E-state index contributed by atoms with van der Waals surface area (Å²) in [5.74, 6) is 0. The van der Waals surface area contributed by atoms with Crippen molar-refractivity contribution in [1.29, 1.82) is 0 Å². The van der Waals surface area contributed by atoms with Gasteiger partial charge in [0, 0.05) is 46.3 Å². The van der Waals surface area contributed by atoms with Crippen molar-refractivity contribution < 1.29 is 50.5 Å². The normalized spacial score (nSPS) is 11.4. The fourth-order valence-corrected chi connectivity index (χ4v) is 11.4. The van der Waals surface area contributed by atoms with E-state index in [2.05, 4.69) is 139 Å². The molecular formula is C60H38N10O2Pt2S2. The molecule has 0 fully saturated rings. The average Bonchev–Trinajstić information content (AvgIpc) is 4.38. The third kappa shape index (κ3) is 9.39. The number of fused-ring (bicyclic) bond motifs is 6. The molecular weight excluding hydrogens is 1350 g/mol. The molecule has 0 saturated carbocycles. The van der Waals surface area contributed by atoms with Crippen LogP contribution in [0.25, 0.3) is 77.7 Å². The molecule has 0 bridgehead atoms. The van der Waals surface area contributed by atoms with Gasteiger partial charge in [-0.15, -0.1) is 70.1 Å². The van der Waals surface area contributed by atoms with Crippen LogP contribution in [0.3, 0.4) is 0 Å². The van der Waals surface area contributed by atoms with Crippen LogP contribution in [-0.4, -0.2) is 56.7 Å². The summed E-state index contributed by atoms with van der Waals surface area (Å²) in [5, 5.41) is 22.5. The Bertz CT molecular complexity index is 4360. The molecule has 6 aromatic heterocycles. The van der Waals surface area contributed by atoms with Crippen LogP contribution in [0.1, 0.15) is 0 Å². The van der Waals surface area contributed by atoms with Crippen LogP contribution in [0, 0.1) is 24.3 Å². The zero-order valence-electron chi connectivity index (χ0n) is 39.7. The van der Waals surface area contributed by atoms with Crippen LogP contribution in [0.4, 0.5) is 0 Å². The minimum atomic E-state index is -3.88. The van der Waals surface area contributed by atoms with Crippen molar-refractivity contribution in [3.8, 4) is 34.1 Å². The van der Waals surface area contributed by atoms with Crippen molar-refractivity contribution in [2.75, 3.05) is 0 Å². The fourth-order valence-electron chi connectivity index (χ4n) is 9.29. The summed E-state index contributed by atoms with van der Waals surface area (Å²) in [6.07, 6.45) is 14.7. The molecule has 372 valence electrons. The molecule has 0 spiro atoms. The van der Waals surface area contributed by atoms with E-state index in [9.17, 15) is 8.42 Å². The van der Waals surface area contributed by atoms with Crippen LogP contribution in [0.2, 0.25) is 0 Å². The topological polar surface area (TPSA) is 115 Å². The molecule has 14 aromatic rings. The third-order valence-electron chi connectivity index (χ3n) is 12.6. The van der Waals surface area contributed by atoms with Crippen LogP contribution in [0.15, 0.2) is 251 Å². The summed E-state index contributed by atoms with van der Waals surface area (Å²) in [4.78, 5) is 2.08. The van der Waals surface area contributed by atoms with Gasteiger partial charge >= 0.3 is 42.1 Å². The second-order valence-electron chi connectivity index (χ2n) is 17.1. The number of nitrogens with zero attached hydrogens (tertiary/aromatic N) is 10. The van der Waals surface area contributed by atoms with Crippen LogP contribution in [-0.2, 0) is 52.0 Å². The summed E-state index contributed by atoms with van der Waals surface area (Å²) < 4.78 is 38.3. The van der Waals surface area contributed by atoms with Gasteiger partial charge in [0.15, 0.2) is 9.84 Å². The first kappa shape index (κ1) is 50.1. The first-order valence-electron chi connectivity index (χ1n) is 23.5. The van der Waals surface area contributed by atoms with E-state index in [-0.39, 0.29) is 51.9 Å². The minimum Gasteiger partial charge on any atom is -0.306 e. The molecule has 0 radical (unpaired) electrons. The molecule has 14 rings (SSSR count). The van der Waals surface area contributed by atoms with E-state index in [0.29, 0.717) is 11.4 Å². The van der Waals surface area contributed by atoms with Crippen molar-refractivity contribution in [1.82, 2.24) is 48.3 Å². The van der Waals surface area contributed by atoms with Gasteiger partial charge in [0.25, 0.3) is 0 Å². The van der Waals surface area contributed by atoms with Gasteiger partial charge in [0.2, 0.25) is 0 Å². The number of sulfone groups is 1. The van der Waals surface area contributed by atoms with E-state index in [1.165, 1.54) is 33.9 Å². The smallest absolute Gasteiger partial charge is 0.306 e. The Morgan fingerprint density at radius 3 is 1.12 bits per heavy atom. The van der Waals surface area contributed by atoms with E-state index in [1.807, 2.05) is 88.6 Å². The molecule has 0 aliphatic rings. The minimum absolute atomic E-state index is 0. The summed E-state index contributed by atoms with van der Waals surface area (Å²) in [6, 6.07) is 72.2. The Morgan fingerprint density at radius 1 is 0.368 bits per heavy atom. The summed E-state index contributed by atoms with van der Waals surface area (Å²) in [7, 11) is -3.88. The predicted octanol–water partition coefficient (Wildman–Crippen LogP) is 12.5. The molecule has 0 atom stereocenters. The quantitative estimate of drug-likeness (QED) is 0.125. The van der Waals surface area contributed by atoms with Crippen molar-refractivity contribution >= 4 is 65.2 Å². The number of para-hydroxylation sites is 4. The summed E-state index contributed by atoms with van der Waals surface area (Å²) in [6.45, 7) is 0. The van der Waals surface area contributed by atoms with E-state index in [0.717, 1.165) is 54.3 Å². The molecule has 0 unspecified atom stereocenters. The van der Waals surface area contributed by atoms with E-state index < -0.39 is 9.84 Å². The molecule has 0 aliphatic carbocycles. The van der Waals surface area contributed by atoms with Gasteiger partial charge in [-0.25, -0.2) is 8.42 Å². The Labute approximate surface area is 469 Å². The second-order valence-corrected chi connectivity index (χ2v) is 20.1. The zero-order chi connectivity index (χ0) is 49.6. The van der Waals surface area contributed by atoms with Gasteiger partial charge in [0.1, 0.15) is 0 Å². The first-order chi connectivity index (χ1) is 36.4. The zero-order valence-corrected chi connectivity index (χ0v) is 45.9. The van der Waals surface area contributed by atoms with Gasteiger partial charge in [0.05, 0.1) is 58.2 Å². The molecule has 0 amide bonds. The fraction of sp³-hybridized carbons (Fsp3) is 0. The van der Waals surface area contributed by atoms with Crippen molar-refractivity contribution in [2.24, 2.45) is 0 Å². The maximum atomic E-state index is 13.5. The number of hydrogen-bond acceptors (Lipinski definition) is 7. The van der Waals surface area contributed by atoms with Gasteiger partial charge < -0.3 is 9.13 Å². The number of hydrogen-bond donors (Lipinski definition) is 0. The van der Waals surface area contributed by atoms with Crippen LogP contribution in [0.5, 0.6) is 0 Å². The first-order valence-corrected chi connectivity index (χ1v) is 25.8. The third-order valence-corrected chi connectivity index (χ3v) is 15.2. The van der Waals surface area contributed by atoms with Crippen molar-refractivity contribution in [3.05, 3.63) is 256 Å². The Morgan fingerprint density at radius 2 is 0.724 bits per heavy atom. The molecule has 8 aromatic carbocycles. The summed E-state index contributed by atoms with van der Waals surface area (Å²) >= 11 is 1.62. The van der Waals surface area contributed by atoms with Gasteiger partial charge in [-0.3, -0.25) is 18.7 Å².